The second-order valence-corrected chi connectivity index (χ2v) is 4.20. The van der Waals surface area contributed by atoms with Gasteiger partial charge in [-0.1, -0.05) is 18.5 Å². The summed E-state index contributed by atoms with van der Waals surface area (Å²) in [5.41, 5.74) is 5.57. The van der Waals surface area contributed by atoms with E-state index in [1.807, 2.05) is 6.92 Å². The summed E-state index contributed by atoms with van der Waals surface area (Å²) in [5.74, 6) is -0.0191. The van der Waals surface area contributed by atoms with Crippen LogP contribution in [0.3, 0.4) is 0 Å². The maximum absolute atomic E-state index is 11.4. The fourth-order valence-corrected chi connectivity index (χ4v) is 1.86. The molecule has 0 aliphatic rings. The summed E-state index contributed by atoms with van der Waals surface area (Å²) >= 11 is 6.95. The molecule has 1 aromatic heterocycles. The molecule has 4 heteroatoms. The molecular weight excluding hydrogens is 194 g/mol. The third-order valence-electron chi connectivity index (χ3n) is 1.59. The van der Waals surface area contributed by atoms with Gasteiger partial charge in [-0.25, -0.2) is 0 Å². The molecule has 0 saturated heterocycles. The molecule has 0 fully saturated rings. The van der Waals surface area contributed by atoms with Crippen molar-refractivity contribution in [3.63, 3.8) is 0 Å². The van der Waals surface area contributed by atoms with E-state index in [4.69, 9.17) is 17.3 Å². The van der Waals surface area contributed by atoms with E-state index < -0.39 is 0 Å². The van der Waals surface area contributed by atoms with Crippen LogP contribution in [0.5, 0.6) is 0 Å². The van der Waals surface area contributed by atoms with E-state index >= 15 is 0 Å². The molecule has 0 saturated carbocycles. The van der Waals surface area contributed by atoms with Crippen molar-refractivity contribution in [3.8, 4) is 0 Å². The molecule has 0 amide bonds. The lowest BCUT2D eigenvalue weighted by Gasteiger charge is -2.03. The molecule has 12 heavy (non-hydrogen) atoms. The molecule has 0 aliphatic heterocycles. The summed E-state index contributed by atoms with van der Waals surface area (Å²) in [5, 5.41) is 0. The van der Waals surface area contributed by atoms with Gasteiger partial charge in [-0.3, -0.25) is 4.79 Å². The average Bonchev–Trinajstić information content (AvgIpc) is 2.49. The zero-order valence-corrected chi connectivity index (χ0v) is 8.28. The molecule has 2 nitrogen and oxygen atoms in total. The number of carbonyl (C=O) groups excluding carboxylic acids is 1. The first-order valence-electron chi connectivity index (χ1n) is 3.70. The van der Waals surface area contributed by atoms with E-state index in [0.29, 0.717) is 15.6 Å². The molecular formula is C8H10ClNOS. The maximum atomic E-state index is 11.4. The minimum atomic E-state index is -0.389. The average molecular weight is 204 g/mol. The van der Waals surface area contributed by atoms with Crippen LogP contribution in [-0.2, 0) is 0 Å². The minimum Gasteiger partial charge on any atom is -0.321 e. The molecule has 1 aromatic rings. The standard InChI is InChI=1S/C8H10ClNOS/c1-2-5(10)8(11)6-3-4-7(9)12-6/h3-5H,2,10H2,1H3. The molecule has 66 valence electrons. The third-order valence-corrected chi connectivity index (χ3v) is 2.84. The Kier molecular flexibility index (Phi) is 3.26. The van der Waals surface area contributed by atoms with Crippen LogP contribution < -0.4 is 5.73 Å². The number of ketones is 1. The van der Waals surface area contributed by atoms with E-state index in [2.05, 4.69) is 0 Å². The number of halogens is 1. The van der Waals surface area contributed by atoms with Gasteiger partial charge in [0, 0.05) is 0 Å². The van der Waals surface area contributed by atoms with E-state index in [1.54, 1.807) is 12.1 Å². The molecule has 1 atom stereocenters. The van der Waals surface area contributed by atoms with Crippen molar-refractivity contribution < 1.29 is 4.79 Å². The van der Waals surface area contributed by atoms with Gasteiger partial charge in [0.2, 0.25) is 0 Å². The van der Waals surface area contributed by atoms with Crippen LogP contribution in [-0.4, -0.2) is 11.8 Å². The smallest absolute Gasteiger partial charge is 0.189 e. The number of hydrogen-bond donors (Lipinski definition) is 1. The highest BCUT2D eigenvalue weighted by Gasteiger charge is 2.15. The first-order valence-corrected chi connectivity index (χ1v) is 4.89. The lowest BCUT2D eigenvalue weighted by Crippen LogP contribution is -2.28. The van der Waals surface area contributed by atoms with Crippen LogP contribution in [0.25, 0.3) is 0 Å². The van der Waals surface area contributed by atoms with Crippen molar-refractivity contribution in [2.75, 3.05) is 0 Å². The fourth-order valence-electron chi connectivity index (χ4n) is 0.815. The Bertz CT molecular complexity index is 284. The molecule has 0 spiro atoms. The van der Waals surface area contributed by atoms with Crippen molar-refractivity contribution in [2.45, 2.75) is 19.4 Å². The van der Waals surface area contributed by atoms with Crippen LogP contribution in [0.4, 0.5) is 0 Å². The monoisotopic (exact) mass is 203 g/mol. The number of rotatable bonds is 3. The van der Waals surface area contributed by atoms with E-state index in [1.165, 1.54) is 11.3 Å². The molecule has 0 radical (unpaired) electrons. The van der Waals surface area contributed by atoms with Gasteiger partial charge in [-0.05, 0) is 18.6 Å². The second kappa shape index (κ2) is 4.03. The molecule has 1 rings (SSSR count). The van der Waals surface area contributed by atoms with Gasteiger partial charge < -0.3 is 5.73 Å². The summed E-state index contributed by atoms with van der Waals surface area (Å²) in [4.78, 5) is 12.1. The van der Waals surface area contributed by atoms with Crippen molar-refractivity contribution in [3.05, 3.63) is 21.3 Å². The highest BCUT2D eigenvalue weighted by Crippen LogP contribution is 2.22. The van der Waals surface area contributed by atoms with Gasteiger partial charge in [0.15, 0.2) is 5.78 Å². The molecule has 1 heterocycles. The number of hydrogen-bond acceptors (Lipinski definition) is 3. The first kappa shape index (κ1) is 9.71. The second-order valence-electron chi connectivity index (χ2n) is 2.48. The van der Waals surface area contributed by atoms with E-state index in [-0.39, 0.29) is 11.8 Å². The molecule has 2 N–H and O–H groups in total. The van der Waals surface area contributed by atoms with E-state index in [9.17, 15) is 4.79 Å². The Labute approximate surface area is 80.3 Å². The zero-order valence-electron chi connectivity index (χ0n) is 6.71. The summed E-state index contributed by atoms with van der Waals surface area (Å²) in [6, 6.07) is 3.03. The Hall–Kier alpha value is -0.380. The van der Waals surface area contributed by atoms with Crippen LogP contribution in [0.2, 0.25) is 4.34 Å². The Morgan fingerprint density at radius 3 is 2.83 bits per heavy atom. The fraction of sp³-hybridized carbons (Fsp3) is 0.375. The predicted octanol–water partition coefficient (Wildman–Crippen LogP) is 2.32. The topological polar surface area (TPSA) is 43.1 Å². The van der Waals surface area contributed by atoms with Crippen molar-refractivity contribution in [1.29, 1.82) is 0 Å². The first-order chi connectivity index (χ1) is 5.65. The van der Waals surface area contributed by atoms with Crippen molar-refractivity contribution in [1.82, 2.24) is 0 Å². The zero-order chi connectivity index (χ0) is 9.14. The maximum Gasteiger partial charge on any atom is 0.189 e. The van der Waals surface area contributed by atoms with Gasteiger partial charge in [0.05, 0.1) is 15.3 Å². The lowest BCUT2D eigenvalue weighted by molar-refractivity contribution is 0.0963. The van der Waals surface area contributed by atoms with Gasteiger partial charge in [-0.15, -0.1) is 11.3 Å². The van der Waals surface area contributed by atoms with Crippen LogP contribution >= 0.6 is 22.9 Å². The SMILES string of the molecule is CCC(N)C(=O)c1ccc(Cl)s1. The molecule has 0 aliphatic carbocycles. The quantitative estimate of drug-likeness (QED) is 0.767. The summed E-state index contributed by atoms with van der Waals surface area (Å²) in [7, 11) is 0. The minimum absolute atomic E-state index is 0.0191. The third kappa shape index (κ3) is 2.06. The van der Waals surface area contributed by atoms with Crippen LogP contribution in [0.1, 0.15) is 23.0 Å². The normalized spacial score (nSPS) is 12.9. The van der Waals surface area contributed by atoms with Gasteiger partial charge >= 0.3 is 0 Å². The van der Waals surface area contributed by atoms with Crippen molar-refractivity contribution >= 4 is 28.7 Å². The summed E-state index contributed by atoms with van der Waals surface area (Å²) < 4.78 is 0.627. The summed E-state index contributed by atoms with van der Waals surface area (Å²) in [6.45, 7) is 1.89. The Morgan fingerprint density at radius 1 is 1.75 bits per heavy atom. The molecule has 1 unspecified atom stereocenters. The van der Waals surface area contributed by atoms with Gasteiger partial charge in [0.25, 0.3) is 0 Å². The number of nitrogens with two attached hydrogens (primary N) is 1. The number of thiophene rings is 1. The predicted molar refractivity (Wildman–Crippen MR) is 51.9 cm³/mol. The van der Waals surface area contributed by atoms with Crippen molar-refractivity contribution in [2.24, 2.45) is 5.73 Å². The highest BCUT2D eigenvalue weighted by molar-refractivity contribution is 7.18. The van der Waals surface area contributed by atoms with E-state index in [0.717, 1.165) is 0 Å². The molecule has 0 bridgehead atoms. The molecule has 0 aromatic carbocycles. The largest absolute Gasteiger partial charge is 0.321 e. The Morgan fingerprint density at radius 2 is 2.42 bits per heavy atom. The Balaban J connectivity index is 2.78. The van der Waals surface area contributed by atoms with Crippen LogP contribution in [0.15, 0.2) is 12.1 Å². The number of carbonyl (C=O) groups is 1. The van der Waals surface area contributed by atoms with Crippen LogP contribution in [0, 0.1) is 0 Å². The lowest BCUT2D eigenvalue weighted by atomic mass is 10.1. The summed E-state index contributed by atoms with van der Waals surface area (Å²) in [6.07, 6.45) is 0.661. The van der Waals surface area contributed by atoms with Gasteiger partial charge in [-0.2, -0.15) is 0 Å². The van der Waals surface area contributed by atoms with Gasteiger partial charge in [0.1, 0.15) is 0 Å². The highest BCUT2D eigenvalue weighted by atomic mass is 35.5. The number of Topliss-reactive ketones (excluding diaryl/α,β-unsaturated/α-hetero) is 1.